The third kappa shape index (κ3) is 5.12. The number of anilines is 1. The van der Waals surface area contributed by atoms with Gasteiger partial charge in [0.25, 0.3) is 11.8 Å². The maximum absolute atomic E-state index is 12.5. The number of nitrogens with one attached hydrogen (secondary N) is 2. The number of nitrogens with zero attached hydrogens (tertiary/aromatic N) is 3. The molecular formula is C26H25N5O4S2. The molecular weight excluding hydrogens is 510 g/mol. The molecule has 37 heavy (non-hydrogen) atoms. The molecule has 4 aromatic rings. The number of aliphatic hydroxyl groups is 1. The van der Waals surface area contributed by atoms with Crippen LogP contribution in [0.5, 0.6) is 5.75 Å². The molecule has 1 aromatic carbocycles. The molecule has 5 rings (SSSR count). The normalized spacial score (nSPS) is 13.5. The summed E-state index contributed by atoms with van der Waals surface area (Å²) in [5.41, 5.74) is 5.29. The molecule has 190 valence electrons. The lowest BCUT2D eigenvalue weighted by atomic mass is 10.1. The highest BCUT2D eigenvalue weighted by atomic mass is 32.1. The van der Waals surface area contributed by atoms with E-state index in [1.54, 1.807) is 6.92 Å². The van der Waals surface area contributed by atoms with Gasteiger partial charge < -0.3 is 15.2 Å². The summed E-state index contributed by atoms with van der Waals surface area (Å²) in [5, 5.41) is 15.6. The topological polar surface area (TPSA) is 117 Å². The van der Waals surface area contributed by atoms with Gasteiger partial charge in [-0.25, -0.2) is 9.97 Å². The quantitative estimate of drug-likeness (QED) is 0.206. The van der Waals surface area contributed by atoms with Gasteiger partial charge in [0.1, 0.15) is 17.2 Å². The predicted molar refractivity (Wildman–Crippen MR) is 146 cm³/mol. The number of hydrogen-bond acceptors (Lipinski definition) is 10. The second kappa shape index (κ2) is 10.8. The summed E-state index contributed by atoms with van der Waals surface area (Å²) < 4.78 is 5.77. The number of hydrazine groups is 1. The van der Waals surface area contributed by atoms with Crippen LogP contribution in [-0.2, 0) is 9.59 Å². The number of aromatic nitrogens is 2. The van der Waals surface area contributed by atoms with Crippen LogP contribution in [0.3, 0.4) is 0 Å². The van der Waals surface area contributed by atoms with E-state index in [1.807, 2.05) is 48.7 Å². The minimum atomic E-state index is -0.429. The molecule has 11 heteroatoms. The Morgan fingerprint density at radius 3 is 2.57 bits per heavy atom. The molecule has 0 unspecified atom stereocenters. The molecule has 3 N–H and O–H groups in total. The molecule has 1 aliphatic rings. The average Bonchev–Trinajstić information content (AvgIpc) is 3.60. The van der Waals surface area contributed by atoms with E-state index in [-0.39, 0.29) is 6.61 Å². The number of amides is 2. The van der Waals surface area contributed by atoms with Crippen LogP contribution >= 0.6 is 22.7 Å². The Morgan fingerprint density at radius 1 is 1.08 bits per heavy atom. The largest absolute Gasteiger partial charge is 0.492 e. The average molecular weight is 536 g/mol. The first-order chi connectivity index (χ1) is 18.0. The fourth-order valence-corrected chi connectivity index (χ4v) is 5.80. The third-order valence-corrected chi connectivity index (χ3v) is 7.90. The third-order valence-electron chi connectivity index (χ3n) is 5.80. The Hall–Kier alpha value is -3.64. The summed E-state index contributed by atoms with van der Waals surface area (Å²) in [5.74, 6) is 0.866. The highest BCUT2D eigenvalue weighted by Crippen LogP contribution is 2.42. The molecule has 0 radical (unpaired) electrons. The van der Waals surface area contributed by atoms with E-state index in [4.69, 9.17) is 19.8 Å². The Labute approximate surface area is 221 Å². The van der Waals surface area contributed by atoms with Crippen LogP contribution in [-0.4, -0.2) is 58.2 Å². The number of aryl methyl sites for hydroxylation is 1. The number of hydrogen-bond donors (Lipinski definition) is 3. The van der Waals surface area contributed by atoms with Gasteiger partial charge in [-0.1, -0.05) is 6.07 Å². The maximum atomic E-state index is 12.5. The van der Waals surface area contributed by atoms with E-state index in [2.05, 4.69) is 10.7 Å². The number of imide groups is 1. The van der Waals surface area contributed by atoms with E-state index in [9.17, 15) is 9.59 Å². The van der Waals surface area contributed by atoms with Crippen molar-refractivity contribution < 1.29 is 19.4 Å². The van der Waals surface area contributed by atoms with Gasteiger partial charge in [-0.15, -0.1) is 22.7 Å². The van der Waals surface area contributed by atoms with E-state index in [0.29, 0.717) is 36.9 Å². The molecule has 0 fully saturated rings. The summed E-state index contributed by atoms with van der Waals surface area (Å²) >= 11 is 3.05. The van der Waals surface area contributed by atoms with Gasteiger partial charge in [-0.3, -0.25) is 15.0 Å². The summed E-state index contributed by atoms with van der Waals surface area (Å²) in [7, 11) is 0. The number of rotatable bonds is 10. The van der Waals surface area contributed by atoms with E-state index in [0.717, 1.165) is 41.9 Å². The van der Waals surface area contributed by atoms with Gasteiger partial charge in [-0.2, -0.15) is 5.01 Å². The van der Waals surface area contributed by atoms with Gasteiger partial charge >= 0.3 is 0 Å². The van der Waals surface area contributed by atoms with Gasteiger partial charge in [-0.05, 0) is 60.7 Å². The Kier molecular flexibility index (Phi) is 7.28. The van der Waals surface area contributed by atoms with Crippen molar-refractivity contribution in [3.05, 3.63) is 59.0 Å². The molecule has 4 heterocycles. The number of benzene rings is 1. The Bertz CT molecular complexity index is 1480. The zero-order valence-corrected chi connectivity index (χ0v) is 21.9. The molecule has 0 spiro atoms. The van der Waals surface area contributed by atoms with Crippen molar-refractivity contribution in [3.8, 4) is 26.9 Å². The van der Waals surface area contributed by atoms with Crippen LogP contribution < -0.4 is 15.5 Å². The lowest BCUT2D eigenvalue weighted by Gasteiger charge is -2.17. The summed E-state index contributed by atoms with van der Waals surface area (Å²) in [4.78, 5) is 37.2. The molecule has 0 aliphatic carbocycles. The van der Waals surface area contributed by atoms with Crippen molar-refractivity contribution in [2.45, 2.75) is 13.8 Å². The van der Waals surface area contributed by atoms with Gasteiger partial charge in [0.15, 0.2) is 11.6 Å². The zero-order valence-electron chi connectivity index (χ0n) is 20.3. The van der Waals surface area contributed by atoms with Gasteiger partial charge in [0, 0.05) is 29.6 Å². The van der Waals surface area contributed by atoms with Crippen molar-refractivity contribution >= 4 is 50.5 Å². The molecule has 1 aliphatic heterocycles. The van der Waals surface area contributed by atoms with Crippen LogP contribution in [0.4, 0.5) is 5.82 Å². The first kappa shape index (κ1) is 25.0. The van der Waals surface area contributed by atoms with E-state index in [1.165, 1.54) is 28.7 Å². The number of aliphatic hydroxyl groups excluding tert-OH is 1. The van der Waals surface area contributed by atoms with Crippen LogP contribution in [0, 0.1) is 6.92 Å². The van der Waals surface area contributed by atoms with Crippen LogP contribution in [0.15, 0.2) is 53.4 Å². The smallest absolute Gasteiger partial charge is 0.275 e. The number of thiophene rings is 2. The summed E-state index contributed by atoms with van der Waals surface area (Å²) in [6, 6.07) is 11.7. The standard InChI is InChI=1S/C26H25N5O4S2/c1-15-14-20(33)31(26(15)34)30-24-21-16(2)22(37-25(21)29-23(28-24)19-4-3-13-36-19)17-5-7-18(8-6-17)35-12-10-27-9-11-32/h3-8,13-14,27,32H,9-12H2,1-2H3,(H,28,29,30). The lowest BCUT2D eigenvalue weighted by molar-refractivity contribution is -0.135. The minimum Gasteiger partial charge on any atom is -0.492 e. The second-order valence-electron chi connectivity index (χ2n) is 8.37. The summed E-state index contributed by atoms with van der Waals surface area (Å²) in [6.45, 7) is 5.39. The molecule has 2 amide bonds. The fourth-order valence-electron chi connectivity index (χ4n) is 3.96. The van der Waals surface area contributed by atoms with Crippen LogP contribution in [0.2, 0.25) is 0 Å². The maximum Gasteiger partial charge on any atom is 0.275 e. The predicted octanol–water partition coefficient (Wildman–Crippen LogP) is 4.00. The highest BCUT2D eigenvalue weighted by molar-refractivity contribution is 7.22. The fraction of sp³-hybridized carbons (Fsp3) is 0.231. The van der Waals surface area contributed by atoms with Crippen molar-refractivity contribution in [3.63, 3.8) is 0 Å². The molecule has 0 saturated heterocycles. The van der Waals surface area contributed by atoms with Crippen molar-refractivity contribution in [1.82, 2.24) is 20.3 Å². The summed E-state index contributed by atoms with van der Waals surface area (Å²) in [6.07, 6.45) is 1.31. The monoisotopic (exact) mass is 535 g/mol. The first-order valence-electron chi connectivity index (χ1n) is 11.7. The SMILES string of the molecule is CC1=CC(=O)N(Nc2nc(-c3cccs3)nc3sc(-c4ccc(OCCNCCO)cc4)c(C)c23)C1=O. The number of ether oxygens (including phenoxy) is 1. The van der Waals surface area contributed by atoms with E-state index >= 15 is 0 Å². The Morgan fingerprint density at radius 2 is 1.89 bits per heavy atom. The van der Waals surface area contributed by atoms with Crippen molar-refractivity contribution in [2.24, 2.45) is 0 Å². The van der Waals surface area contributed by atoms with Crippen molar-refractivity contribution in [2.75, 3.05) is 31.7 Å². The molecule has 9 nitrogen and oxygen atoms in total. The molecule has 0 atom stereocenters. The molecule has 0 bridgehead atoms. The van der Waals surface area contributed by atoms with Crippen LogP contribution in [0.25, 0.3) is 31.4 Å². The first-order valence-corrected chi connectivity index (χ1v) is 13.4. The Balaban J connectivity index is 1.48. The molecule has 0 saturated carbocycles. The number of carbonyl (C=O) groups excluding carboxylic acids is 2. The lowest BCUT2D eigenvalue weighted by Crippen LogP contribution is -2.36. The van der Waals surface area contributed by atoms with Gasteiger partial charge in [0.2, 0.25) is 0 Å². The highest BCUT2D eigenvalue weighted by Gasteiger charge is 2.30. The second-order valence-corrected chi connectivity index (χ2v) is 10.3. The van der Waals surface area contributed by atoms with Gasteiger partial charge in [0.05, 0.1) is 16.9 Å². The van der Waals surface area contributed by atoms with Crippen LogP contribution in [0.1, 0.15) is 12.5 Å². The number of fused-ring (bicyclic) bond motifs is 1. The number of carbonyl (C=O) groups is 2. The minimum absolute atomic E-state index is 0.0980. The van der Waals surface area contributed by atoms with E-state index < -0.39 is 11.8 Å². The molecule has 3 aromatic heterocycles. The zero-order chi connectivity index (χ0) is 25.9. The van der Waals surface area contributed by atoms with Crippen molar-refractivity contribution in [1.29, 1.82) is 0 Å².